The van der Waals surface area contributed by atoms with Gasteiger partial charge in [0.15, 0.2) is 0 Å². The molecule has 1 fully saturated rings. The zero-order valence-corrected chi connectivity index (χ0v) is 17.8. The number of nitrogens with one attached hydrogen (secondary N) is 1. The van der Waals surface area contributed by atoms with E-state index in [1.54, 1.807) is 11.3 Å². The van der Waals surface area contributed by atoms with Crippen molar-refractivity contribution in [2.75, 3.05) is 19.6 Å². The number of likely N-dealkylation sites (tertiary alicyclic amines) is 1. The van der Waals surface area contributed by atoms with Gasteiger partial charge in [0.2, 0.25) is 0 Å². The molecule has 1 amide bonds. The zero-order chi connectivity index (χ0) is 18.9. The topological polar surface area (TPSA) is 68.0 Å². The molecule has 0 radical (unpaired) electrons. The molecule has 0 unspecified atom stereocenters. The molecule has 3 aromatic rings. The van der Waals surface area contributed by atoms with Crippen LogP contribution in [0.15, 0.2) is 35.8 Å². The van der Waals surface area contributed by atoms with Crippen LogP contribution in [-0.4, -0.2) is 49.8 Å². The van der Waals surface area contributed by atoms with Crippen LogP contribution in [0, 0.1) is 0 Å². The second-order valence-corrected chi connectivity index (χ2v) is 8.50. The van der Waals surface area contributed by atoms with Gasteiger partial charge in [-0.3, -0.25) is 4.79 Å². The van der Waals surface area contributed by atoms with Gasteiger partial charge in [0, 0.05) is 43.2 Å². The van der Waals surface area contributed by atoms with Crippen LogP contribution in [0.3, 0.4) is 0 Å². The molecule has 7 nitrogen and oxygen atoms in total. The summed E-state index contributed by atoms with van der Waals surface area (Å²) in [4.78, 5) is 16.4. The lowest BCUT2D eigenvalue weighted by Gasteiger charge is -2.32. The molecule has 5 rings (SSSR count). The predicted octanol–water partition coefficient (Wildman–Crippen LogP) is 2.73. The number of nitrogens with zero attached hydrogens (tertiary/aromatic N) is 5. The van der Waals surface area contributed by atoms with E-state index in [0.717, 1.165) is 69.5 Å². The van der Waals surface area contributed by atoms with E-state index in [1.807, 2.05) is 23.2 Å². The van der Waals surface area contributed by atoms with Crippen LogP contribution >= 0.6 is 23.7 Å². The van der Waals surface area contributed by atoms with E-state index < -0.39 is 0 Å². The number of rotatable bonds is 4. The number of carbonyl (C=O) groups is 1. The first-order chi connectivity index (χ1) is 13.8. The molecule has 2 aliphatic heterocycles. The van der Waals surface area contributed by atoms with Crippen molar-refractivity contribution in [3.8, 4) is 0 Å². The summed E-state index contributed by atoms with van der Waals surface area (Å²) in [6.07, 6.45) is 3.89. The van der Waals surface area contributed by atoms with Crippen LogP contribution in [0.1, 0.15) is 45.8 Å². The van der Waals surface area contributed by atoms with Crippen LogP contribution in [-0.2, 0) is 19.6 Å². The lowest BCUT2D eigenvalue weighted by atomic mass is 9.95. The molecular formula is C20H25ClN6OS. The number of halogens is 1. The van der Waals surface area contributed by atoms with Crippen molar-refractivity contribution in [2.24, 2.45) is 0 Å². The lowest BCUT2D eigenvalue weighted by molar-refractivity contribution is 0.0699. The Morgan fingerprint density at radius 1 is 1.17 bits per heavy atom. The van der Waals surface area contributed by atoms with Crippen LogP contribution in [0.5, 0.6) is 0 Å². The van der Waals surface area contributed by atoms with Gasteiger partial charge in [-0.15, -0.1) is 33.9 Å². The van der Waals surface area contributed by atoms with E-state index in [1.165, 1.54) is 4.88 Å². The molecule has 0 atom stereocenters. The van der Waals surface area contributed by atoms with E-state index in [4.69, 9.17) is 0 Å². The predicted molar refractivity (Wildman–Crippen MR) is 115 cm³/mol. The maximum absolute atomic E-state index is 13.1. The molecule has 2 aliphatic rings. The van der Waals surface area contributed by atoms with Gasteiger partial charge in [0.05, 0.1) is 13.1 Å². The first-order valence-corrected chi connectivity index (χ1v) is 10.8. The van der Waals surface area contributed by atoms with E-state index in [-0.39, 0.29) is 18.3 Å². The molecule has 0 saturated carbocycles. The Morgan fingerprint density at radius 2 is 2.03 bits per heavy atom. The minimum absolute atomic E-state index is 0. The van der Waals surface area contributed by atoms with Crippen molar-refractivity contribution >= 4 is 29.7 Å². The minimum atomic E-state index is 0. The van der Waals surface area contributed by atoms with Crippen LogP contribution in [0.25, 0.3) is 0 Å². The summed E-state index contributed by atoms with van der Waals surface area (Å²) in [7, 11) is 0. The zero-order valence-electron chi connectivity index (χ0n) is 16.2. The normalized spacial score (nSPS) is 17.0. The quantitative estimate of drug-likeness (QED) is 0.688. The summed E-state index contributed by atoms with van der Waals surface area (Å²) < 4.78 is 4.33. The molecule has 5 heterocycles. The third kappa shape index (κ3) is 3.97. The van der Waals surface area contributed by atoms with Crippen molar-refractivity contribution in [3.05, 3.63) is 58.1 Å². The maximum atomic E-state index is 13.1. The average Bonchev–Trinajstić information content (AvgIpc) is 3.49. The molecule has 29 heavy (non-hydrogen) atoms. The summed E-state index contributed by atoms with van der Waals surface area (Å²) in [6, 6.07) is 8.06. The van der Waals surface area contributed by atoms with Crippen molar-refractivity contribution in [2.45, 2.75) is 38.4 Å². The number of aromatic nitrogens is 4. The molecule has 3 aromatic heterocycles. The van der Waals surface area contributed by atoms with Crippen molar-refractivity contribution < 1.29 is 4.79 Å². The number of fused-ring (bicyclic) bond motifs is 1. The van der Waals surface area contributed by atoms with Gasteiger partial charge in [0.25, 0.3) is 5.91 Å². The Kier molecular flexibility index (Phi) is 6.03. The number of thiophene rings is 1. The first kappa shape index (κ1) is 20.1. The minimum Gasteiger partial charge on any atom is -0.338 e. The Labute approximate surface area is 180 Å². The van der Waals surface area contributed by atoms with Gasteiger partial charge in [-0.1, -0.05) is 6.07 Å². The number of piperidine rings is 1. The Bertz CT molecular complexity index is 958. The van der Waals surface area contributed by atoms with Crippen LogP contribution in [0.4, 0.5) is 0 Å². The lowest BCUT2D eigenvalue weighted by Crippen LogP contribution is -2.39. The van der Waals surface area contributed by atoms with Crippen molar-refractivity contribution in [1.82, 2.24) is 29.5 Å². The third-order valence-electron chi connectivity index (χ3n) is 5.75. The highest BCUT2D eigenvalue weighted by atomic mass is 35.5. The first-order valence-electron chi connectivity index (χ1n) is 9.89. The van der Waals surface area contributed by atoms with E-state index in [9.17, 15) is 4.79 Å². The van der Waals surface area contributed by atoms with E-state index in [2.05, 4.69) is 42.2 Å². The second-order valence-electron chi connectivity index (χ2n) is 7.47. The molecule has 1 N–H and O–H groups in total. The standard InChI is InChI=1S/C20H24N6OS.ClH/c27-20(17-4-1-8-25(17)14-16-3-2-12-28-16)24-9-5-15(6-10-24)19-23-22-18-13-21-7-11-26(18)19;/h1-4,8,12,15,21H,5-7,9-11,13-14H2;1H. The molecule has 0 bridgehead atoms. The monoisotopic (exact) mass is 432 g/mol. The highest BCUT2D eigenvalue weighted by molar-refractivity contribution is 7.09. The molecular weight excluding hydrogens is 408 g/mol. The number of amides is 1. The van der Waals surface area contributed by atoms with E-state index >= 15 is 0 Å². The average molecular weight is 433 g/mol. The highest BCUT2D eigenvalue weighted by Gasteiger charge is 2.29. The Hall–Kier alpha value is -2.16. The fraction of sp³-hybridized carbons (Fsp3) is 0.450. The van der Waals surface area contributed by atoms with E-state index in [0.29, 0.717) is 5.92 Å². The fourth-order valence-electron chi connectivity index (χ4n) is 4.24. The summed E-state index contributed by atoms with van der Waals surface area (Å²) in [5, 5.41) is 14.2. The van der Waals surface area contributed by atoms with Crippen molar-refractivity contribution in [3.63, 3.8) is 0 Å². The molecule has 154 valence electrons. The molecule has 0 aliphatic carbocycles. The smallest absolute Gasteiger partial charge is 0.270 e. The van der Waals surface area contributed by atoms with Crippen molar-refractivity contribution in [1.29, 1.82) is 0 Å². The van der Waals surface area contributed by atoms with Gasteiger partial charge in [-0.2, -0.15) is 0 Å². The van der Waals surface area contributed by atoms with Gasteiger partial charge < -0.3 is 19.4 Å². The molecule has 0 spiro atoms. The number of hydrogen-bond donors (Lipinski definition) is 1. The maximum Gasteiger partial charge on any atom is 0.270 e. The molecule has 1 saturated heterocycles. The second kappa shape index (κ2) is 8.69. The highest BCUT2D eigenvalue weighted by Crippen LogP contribution is 2.28. The SMILES string of the molecule is Cl.O=C(c1cccn1Cc1cccs1)N1CCC(c2nnc3n2CCNC3)CC1. The summed E-state index contributed by atoms with van der Waals surface area (Å²) >= 11 is 1.72. The van der Waals surface area contributed by atoms with Gasteiger partial charge in [-0.05, 0) is 36.4 Å². The van der Waals surface area contributed by atoms with Gasteiger partial charge >= 0.3 is 0 Å². The summed E-state index contributed by atoms with van der Waals surface area (Å²) in [6.45, 7) is 5.00. The third-order valence-corrected chi connectivity index (χ3v) is 6.61. The van der Waals surface area contributed by atoms with Crippen LogP contribution < -0.4 is 5.32 Å². The van der Waals surface area contributed by atoms with Gasteiger partial charge in [0.1, 0.15) is 17.3 Å². The van der Waals surface area contributed by atoms with Gasteiger partial charge in [-0.25, -0.2) is 0 Å². The number of carbonyl (C=O) groups excluding carboxylic acids is 1. The summed E-state index contributed by atoms with van der Waals surface area (Å²) in [5.74, 6) is 2.66. The summed E-state index contributed by atoms with van der Waals surface area (Å²) in [5.41, 5.74) is 0.776. The Morgan fingerprint density at radius 3 is 2.83 bits per heavy atom. The molecule has 0 aromatic carbocycles. The fourth-order valence-corrected chi connectivity index (χ4v) is 4.94. The molecule has 9 heteroatoms. The largest absolute Gasteiger partial charge is 0.338 e. The number of hydrogen-bond acceptors (Lipinski definition) is 5. The Balaban J connectivity index is 0.00000205. The van der Waals surface area contributed by atoms with Crippen LogP contribution in [0.2, 0.25) is 0 Å².